The van der Waals surface area contributed by atoms with E-state index in [2.05, 4.69) is 21.2 Å². The summed E-state index contributed by atoms with van der Waals surface area (Å²) < 4.78 is 0.666. The number of nitro groups is 1. The zero-order valence-electron chi connectivity index (χ0n) is 10.3. The predicted octanol–water partition coefficient (Wildman–Crippen LogP) is 3.84. The molecule has 2 aromatic carbocycles. The molecule has 0 saturated heterocycles. The van der Waals surface area contributed by atoms with Gasteiger partial charge in [0, 0.05) is 28.3 Å². The molecule has 2 aromatic rings. The largest absolute Gasteiger partial charge is 0.381 e. The van der Waals surface area contributed by atoms with Crippen LogP contribution in [-0.2, 0) is 6.54 Å². The molecule has 0 amide bonds. The number of halogens is 1. The number of nitro benzene ring substituents is 1. The van der Waals surface area contributed by atoms with Crippen molar-refractivity contribution in [1.82, 2.24) is 0 Å². The summed E-state index contributed by atoms with van der Waals surface area (Å²) in [5.41, 5.74) is 1.94. The van der Waals surface area contributed by atoms with Crippen LogP contribution in [0.25, 0.3) is 0 Å². The molecule has 0 aliphatic heterocycles. The minimum absolute atomic E-state index is 0.0586. The second kappa shape index (κ2) is 6.17. The Morgan fingerprint density at radius 3 is 2.80 bits per heavy atom. The first kappa shape index (κ1) is 14.0. The third kappa shape index (κ3) is 3.33. The molecule has 1 N–H and O–H groups in total. The first-order chi connectivity index (χ1) is 9.60. The number of hydrogen-bond acceptors (Lipinski definition) is 4. The molecule has 0 unspecified atom stereocenters. The molecule has 0 radical (unpaired) electrons. The van der Waals surface area contributed by atoms with E-state index in [0.29, 0.717) is 22.1 Å². The number of nitrogens with one attached hydrogen (secondary N) is 1. The van der Waals surface area contributed by atoms with E-state index in [9.17, 15) is 10.1 Å². The Morgan fingerprint density at radius 2 is 2.10 bits per heavy atom. The molecule has 0 bridgehead atoms. The van der Waals surface area contributed by atoms with E-state index >= 15 is 0 Å². The summed E-state index contributed by atoms with van der Waals surface area (Å²) in [6, 6.07) is 14.0. The molecule has 0 heterocycles. The third-order valence-corrected chi connectivity index (χ3v) is 3.21. The Morgan fingerprint density at radius 1 is 1.30 bits per heavy atom. The first-order valence-electron chi connectivity index (χ1n) is 5.77. The van der Waals surface area contributed by atoms with Gasteiger partial charge in [-0.15, -0.1) is 0 Å². The monoisotopic (exact) mass is 331 g/mol. The maximum Gasteiger partial charge on any atom is 0.275 e. The van der Waals surface area contributed by atoms with E-state index in [1.807, 2.05) is 12.1 Å². The van der Waals surface area contributed by atoms with E-state index in [1.165, 1.54) is 6.07 Å². The van der Waals surface area contributed by atoms with Gasteiger partial charge in [0.1, 0.15) is 0 Å². The van der Waals surface area contributed by atoms with Crippen molar-refractivity contribution >= 4 is 27.3 Å². The van der Waals surface area contributed by atoms with E-state index < -0.39 is 4.92 Å². The molecule has 100 valence electrons. The SMILES string of the molecule is N#Cc1cccc(NCc2ccc(Br)cc2[N+](=O)[O-])c1. The standard InChI is InChI=1S/C14H10BrN3O2/c15-12-5-4-11(14(7-12)18(19)20)9-17-13-3-1-2-10(6-13)8-16/h1-7,17H,9H2. The fourth-order valence-electron chi connectivity index (χ4n) is 1.75. The zero-order chi connectivity index (χ0) is 14.5. The van der Waals surface area contributed by atoms with Gasteiger partial charge in [0.2, 0.25) is 0 Å². The van der Waals surface area contributed by atoms with Crippen molar-refractivity contribution in [2.45, 2.75) is 6.54 Å². The van der Waals surface area contributed by atoms with Crippen molar-refractivity contribution in [3.8, 4) is 6.07 Å². The zero-order valence-corrected chi connectivity index (χ0v) is 11.9. The molecule has 0 fully saturated rings. The van der Waals surface area contributed by atoms with E-state index in [1.54, 1.807) is 30.3 Å². The normalized spacial score (nSPS) is 9.80. The molecule has 0 aliphatic carbocycles. The van der Waals surface area contributed by atoms with Crippen LogP contribution in [0.2, 0.25) is 0 Å². The summed E-state index contributed by atoms with van der Waals surface area (Å²) in [6.07, 6.45) is 0. The van der Waals surface area contributed by atoms with Crippen LogP contribution in [0.5, 0.6) is 0 Å². The molecule has 0 atom stereocenters. The average molecular weight is 332 g/mol. The van der Waals surface area contributed by atoms with Crippen LogP contribution in [0.4, 0.5) is 11.4 Å². The summed E-state index contributed by atoms with van der Waals surface area (Å²) in [7, 11) is 0. The fraction of sp³-hybridized carbons (Fsp3) is 0.0714. The Labute approximate surface area is 124 Å². The van der Waals surface area contributed by atoms with Gasteiger partial charge in [-0.3, -0.25) is 10.1 Å². The summed E-state index contributed by atoms with van der Waals surface area (Å²) in [5.74, 6) is 0. The Bertz CT molecular complexity index is 695. The van der Waals surface area contributed by atoms with Gasteiger partial charge in [-0.25, -0.2) is 0 Å². The summed E-state index contributed by atoms with van der Waals surface area (Å²) in [6.45, 7) is 0.318. The molecular weight excluding hydrogens is 322 g/mol. The minimum atomic E-state index is -0.409. The number of rotatable bonds is 4. The number of hydrogen-bond donors (Lipinski definition) is 1. The van der Waals surface area contributed by atoms with E-state index in [4.69, 9.17) is 5.26 Å². The molecule has 20 heavy (non-hydrogen) atoms. The highest BCUT2D eigenvalue weighted by atomic mass is 79.9. The highest BCUT2D eigenvalue weighted by molar-refractivity contribution is 9.10. The lowest BCUT2D eigenvalue weighted by Crippen LogP contribution is -2.03. The molecule has 0 aromatic heterocycles. The predicted molar refractivity (Wildman–Crippen MR) is 79.3 cm³/mol. The van der Waals surface area contributed by atoms with Gasteiger partial charge in [0.05, 0.1) is 16.6 Å². The molecule has 0 saturated carbocycles. The lowest BCUT2D eigenvalue weighted by Gasteiger charge is -2.07. The Balaban J connectivity index is 2.19. The van der Waals surface area contributed by atoms with Gasteiger partial charge in [0.25, 0.3) is 5.69 Å². The molecular formula is C14H10BrN3O2. The van der Waals surface area contributed by atoms with E-state index in [0.717, 1.165) is 5.69 Å². The van der Waals surface area contributed by atoms with Crippen LogP contribution in [-0.4, -0.2) is 4.92 Å². The van der Waals surface area contributed by atoms with Crippen LogP contribution in [0.15, 0.2) is 46.9 Å². The molecule has 2 rings (SSSR count). The summed E-state index contributed by atoms with van der Waals surface area (Å²) >= 11 is 3.22. The van der Waals surface area contributed by atoms with Crippen molar-refractivity contribution in [3.05, 3.63) is 68.2 Å². The smallest absolute Gasteiger partial charge is 0.275 e. The quantitative estimate of drug-likeness (QED) is 0.681. The lowest BCUT2D eigenvalue weighted by molar-refractivity contribution is -0.385. The van der Waals surface area contributed by atoms with Crippen molar-refractivity contribution in [3.63, 3.8) is 0 Å². The second-order valence-corrected chi connectivity index (χ2v) is 4.99. The van der Waals surface area contributed by atoms with Crippen molar-refractivity contribution in [2.24, 2.45) is 0 Å². The Kier molecular flexibility index (Phi) is 4.33. The lowest BCUT2D eigenvalue weighted by atomic mass is 10.1. The van der Waals surface area contributed by atoms with Crippen LogP contribution >= 0.6 is 15.9 Å². The van der Waals surface area contributed by atoms with Gasteiger partial charge >= 0.3 is 0 Å². The maximum atomic E-state index is 11.0. The van der Waals surface area contributed by atoms with Gasteiger partial charge in [-0.2, -0.15) is 5.26 Å². The molecule has 6 heteroatoms. The summed E-state index contributed by atoms with van der Waals surface area (Å²) in [5, 5.41) is 22.9. The van der Waals surface area contributed by atoms with Gasteiger partial charge < -0.3 is 5.32 Å². The first-order valence-corrected chi connectivity index (χ1v) is 6.56. The number of benzene rings is 2. The van der Waals surface area contributed by atoms with Crippen LogP contribution < -0.4 is 5.32 Å². The van der Waals surface area contributed by atoms with Crippen molar-refractivity contribution < 1.29 is 4.92 Å². The van der Waals surface area contributed by atoms with Crippen LogP contribution in [0.3, 0.4) is 0 Å². The highest BCUT2D eigenvalue weighted by Gasteiger charge is 2.13. The van der Waals surface area contributed by atoms with Crippen LogP contribution in [0, 0.1) is 21.4 Å². The number of nitriles is 1. The van der Waals surface area contributed by atoms with Gasteiger partial charge in [-0.05, 0) is 30.3 Å². The number of nitrogens with zero attached hydrogens (tertiary/aromatic N) is 2. The molecule has 0 aliphatic rings. The Hall–Kier alpha value is -2.39. The maximum absolute atomic E-state index is 11.0. The second-order valence-electron chi connectivity index (χ2n) is 4.08. The van der Waals surface area contributed by atoms with E-state index in [-0.39, 0.29) is 5.69 Å². The van der Waals surface area contributed by atoms with Crippen molar-refractivity contribution in [1.29, 1.82) is 5.26 Å². The molecule has 0 spiro atoms. The van der Waals surface area contributed by atoms with Gasteiger partial charge in [-0.1, -0.05) is 22.0 Å². The summed E-state index contributed by atoms with van der Waals surface area (Å²) in [4.78, 5) is 10.6. The van der Waals surface area contributed by atoms with Crippen molar-refractivity contribution in [2.75, 3.05) is 5.32 Å². The topological polar surface area (TPSA) is 79.0 Å². The molecule has 5 nitrogen and oxygen atoms in total. The third-order valence-electron chi connectivity index (χ3n) is 2.72. The van der Waals surface area contributed by atoms with Crippen LogP contribution in [0.1, 0.15) is 11.1 Å². The highest BCUT2D eigenvalue weighted by Crippen LogP contribution is 2.24. The fourth-order valence-corrected chi connectivity index (χ4v) is 2.10. The minimum Gasteiger partial charge on any atom is -0.381 e. The number of anilines is 1. The van der Waals surface area contributed by atoms with Gasteiger partial charge in [0.15, 0.2) is 0 Å². The average Bonchev–Trinajstić information content (AvgIpc) is 2.46.